The molecular formula is C23H30N2O8. The predicted octanol–water partition coefficient (Wildman–Crippen LogP) is 3.97. The number of nitrogens with one attached hydrogen (secondary N) is 1. The number of rotatable bonds is 13. The molecule has 1 aromatic carbocycles. The topological polar surface area (TPSA) is 148 Å². The van der Waals surface area contributed by atoms with Crippen molar-refractivity contribution in [2.24, 2.45) is 0 Å². The molecular weight excluding hydrogens is 432 g/mol. The van der Waals surface area contributed by atoms with E-state index in [1.54, 1.807) is 0 Å². The molecule has 0 radical (unpaired) electrons. The highest BCUT2D eigenvalue weighted by atomic mass is 16.6. The molecule has 0 spiro atoms. The van der Waals surface area contributed by atoms with Crippen LogP contribution in [-0.4, -0.2) is 46.9 Å². The Morgan fingerprint density at radius 1 is 1.03 bits per heavy atom. The summed E-state index contributed by atoms with van der Waals surface area (Å²) in [6, 6.07) is 3.82. The van der Waals surface area contributed by atoms with Crippen LogP contribution in [0.3, 0.4) is 0 Å². The van der Waals surface area contributed by atoms with Crippen molar-refractivity contribution >= 4 is 17.6 Å². The minimum absolute atomic E-state index is 0.124. The molecule has 0 fully saturated rings. The standard InChI is InChI=1S/C23H30N2O8/c1-4-5-10-32-11-6-7-12-33-18-9-8-16(25(30)31)13-17(18)21-19(22(26)27)14(2)24-15(3)20(21)23(28)29/h8-9,13,21,24H,4-7,10-12H2,1-3H3,(H,26,27)(H,28,29). The monoisotopic (exact) mass is 462 g/mol. The van der Waals surface area contributed by atoms with Gasteiger partial charge < -0.3 is 25.0 Å². The molecule has 0 saturated heterocycles. The van der Waals surface area contributed by atoms with Crippen LogP contribution in [0.15, 0.2) is 40.7 Å². The largest absolute Gasteiger partial charge is 0.493 e. The van der Waals surface area contributed by atoms with Gasteiger partial charge in [-0.25, -0.2) is 9.59 Å². The van der Waals surface area contributed by atoms with Crippen LogP contribution in [-0.2, 0) is 14.3 Å². The number of carbonyl (C=O) groups is 2. The maximum Gasteiger partial charge on any atom is 0.334 e. The maximum atomic E-state index is 12.1. The molecule has 1 aromatic rings. The van der Waals surface area contributed by atoms with Gasteiger partial charge in [0, 0.05) is 42.3 Å². The SMILES string of the molecule is CCCCOCCCCOc1ccc([N+](=O)[O-])cc1C1C(C(=O)O)=C(C)NC(C)=C1C(=O)O. The van der Waals surface area contributed by atoms with Crippen LogP contribution in [0.5, 0.6) is 5.75 Å². The fourth-order valence-corrected chi connectivity index (χ4v) is 3.72. The highest BCUT2D eigenvalue weighted by Crippen LogP contribution is 2.43. The quantitative estimate of drug-likeness (QED) is 0.225. The lowest BCUT2D eigenvalue weighted by Gasteiger charge is -2.29. The van der Waals surface area contributed by atoms with Crippen molar-refractivity contribution < 1.29 is 34.2 Å². The predicted molar refractivity (Wildman–Crippen MR) is 120 cm³/mol. The summed E-state index contributed by atoms with van der Waals surface area (Å²) in [6.45, 7) is 6.68. The first-order valence-electron chi connectivity index (χ1n) is 10.8. The molecule has 0 atom stereocenters. The van der Waals surface area contributed by atoms with E-state index in [9.17, 15) is 29.9 Å². The van der Waals surface area contributed by atoms with Gasteiger partial charge in [0.2, 0.25) is 0 Å². The van der Waals surface area contributed by atoms with Gasteiger partial charge in [0.1, 0.15) is 5.75 Å². The lowest BCUT2D eigenvalue weighted by atomic mass is 9.80. The summed E-state index contributed by atoms with van der Waals surface area (Å²) < 4.78 is 11.4. The smallest absolute Gasteiger partial charge is 0.334 e. The molecule has 3 N–H and O–H groups in total. The minimum Gasteiger partial charge on any atom is -0.493 e. The van der Waals surface area contributed by atoms with Crippen molar-refractivity contribution in [3.05, 3.63) is 56.4 Å². The lowest BCUT2D eigenvalue weighted by Crippen LogP contribution is -2.31. The van der Waals surface area contributed by atoms with Crippen molar-refractivity contribution in [2.45, 2.75) is 52.4 Å². The highest BCUT2D eigenvalue weighted by Gasteiger charge is 2.38. The summed E-state index contributed by atoms with van der Waals surface area (Å²) >= 11 is 0. The van der Waals surface area contributed by atoms with Gasteiger partial charge in [0.25, 0.3) is 5.69 Å². The number of hydrogen-bond acceptors (Lipinski definition) is 7. The fourth-order valence-electron chi connectivity index (χ4n) is 3.72. The van der Waals surface area contributed by atoms with Crippen LogP contribution < -0.4 is 10.1 Å². The van der Waals surface area contributed by atoms with Crippen LogP contribution in [0, 0.1) is 10.1 Å². The first-order chi connectivity index (χ1) is 15.7. The lowest BCUT2D eigenvalue weighted by molar-refractivity contribution is -0.384. The van der Waals surface area contributed by atoms with Crippen molar-refractivity contribution in [2.75, 3.05) is 19.8 Å². The Morgan fingerprint density at radius 3 is 2.15 bits per heavy atom. The van der Waals surface area contributed by atoms with Gasteiger partial charge in [-0.1, -0.05) is 13.3 Å². The number of aliphatic carboxylic acids is 2. The number of benzene rings is 1. The average Bonchev–Trinajstić information content (AvgIpc) is 2.74. The van der Waals surface area contributed by atoms with Crippen molar-refractivity contribution in [1.29, 1.82) is 0 Å². The summed E-state index contributed by atoms with van der Waals surface area (Å²) in [7, 11) is 0. The maximum absolute atomic E-state index is 12.1. The van der Waals surface area contributed by atoms with E-state index in [1.807, 2.05) is 0 Å². The number of allylic oxidation sites excluding steroid dienone is 2. The van der Waals surface area contributed by atoms with Gasteiger partial charge in [-0.2, -0.15) is 0 Å². The molecule has 33 heavy (non-hydrogen) atoms. The molecule has 10 nitrogen and oxygen atoms in total. The number of nitro benzene ring substituents is 1. The van der Waals surface area contributed by atoms with E-state index >= 15 is 0 Å². The van der Waals surface area contributed by atoms with Gasteiger partial charge in [0.05, 0.1) is 28.6 Å². The van der Waals surface area contributed by atoms with Crippen molar-refractivity contribution in [1.82, 2.24) is 5.32 Å². The van der Waals surface area contributed by atoms with Gasteiger partial charge >= 0.3 is 11.9 Å². The van der Waals surface area contributed by atoms with Gasteiger partial charge in [-0.3, -0.25) is 10.1 Å². The van der Waals surface area contributed by atoms with E-state index in [-0.39, 0.29) is 46.1 Å². The number of hydrogen-bond donors (Lipinski definition) is 3. The second-order valence-corrected chi connectivity index (χ2v) is 7.75. The van der Waals surface area contributed by atoms with Crippen molar-refractivity contribution in [3.63, 3.8) is 0 Å². The third-order valence-corrected chi connectivity index (χ3v) is 5.32. The van der Waals surface area contributed by atoms with Crippen LogP contribution in [0.2, 0.25) is 0 Å². The number of dihydropyridines is 1. The first-order valence-corrected chi connectivity index (χ1v) is 10.8. The van der Waals surface area contributed by atoms with Crippen LogP contribution in [0.1, 0.15) is 57.9 Å². The van der Waals surface area contributed by atoms with Crippen LogP contribution in [0.25, 0.3) is 0 Å². The van der Waals surface area contributed by atoms with E-state index < -0.39 is 22.8 Å². The van der Waals surface area contributed by atoms with E-state index in [1.165, 1.54) is 32.0 Å². The molecule has 2 rings (SSSR count). The average molecular weight is 462 g/mol. The molecule has 0 aliphatic carbocycles. The Hall–Kier alpha value is -3.40. The molecule has 0 aromatic heterocycles. The Morgan fingerprint density at radius 2 is 1.61 bits per heavy atom. The Kier molecular flexibility index (Phi) is 9.41. The molecule has 1 aliphatic heterocycles. The Bertz CT molecular complexity index is 931. The number of unbranched alkanes of at least 4 members (excludes halogenated alkanes) is 2. The second kappa shape index (κ2) is 12.0. The molecule has 0 amide bonds. The third kappa shape index (κ3) is 6.55. The Labute approximate surface area is 192 Å². The molecule has 180 valence electrons. The Balaban J connectivity index is 2.37. The molecule has 0 unspecified atom stereocenters. The van der Waals surface area contributed by atoms with E-state index in [2.05, 4.69) is 12.2 Å². The third-order valence-electron chi connectivity index (χ3n) is 5.32. The van der Waals surface area contributed by atoms with E-state index in [0.29, 0.717) is 19.6 Å². The number of nitrogens with zero attached hydrogens (tertiary/aromatic N) is 1. The number of non-ortho nitro benzene ring substituents is 1. The zero-order valence-electron chi connectivity index (χ0n) is 19.1. The summed E-state index contributed by atoms with van der Waals surface area (Å²) in [6.07, 6.45) is 3.45. The summed E-state index contributed by atoms with van der Waals surface area (Å²) in [5, 5.41) is 33.8. The van der Waals surface area contributed by atoms with Crippen molar-refractivity contribution in [3.8, 4) is 5.75 Å². The summed E-state index contributed by atoms with van der Waals surface area (Å²) in [4.78, 5) is 34.9. The van der Waals surface area contributed by atoms with Crippen LogP contribution >= 0.6 is 0 Å². The summed E-state index contributed by atoms with van der Waals surface area (Å²) in [5.41, 5.74) is -0.0444. The number of ether oxygens (including phenoxy) is 2. The van der Waals surface area contributed by atoms with E-state index in [4.69, 9.17) is 9.47 Å². The minimum atomic E-state index is -1.32. The van der Waals surface area contributed by atoms with Gasteiger partial charge in [0.15, 0.2) is 0 Å². The molecule has 1 aliphatic rings. The number of carboxylic acid groups (broad SMARTS) is 2. The van der Waals surface area contributed by atoms with Crippen LogP contribution in [0.4, 0.5) is 5.69 Å². The van der Waals surface area contributed by atoms with Gasteiger partial charge in [-0.05, 0) is 39.2 Å². The summed E-state index contributed by atoms with van der Waals surface area (Å²) in [5.74, 6) is -3.68. The molecule has 0 saturated carbocycles. The van der Waals surface area contributed by atoms with E-state index in [0.717, 1.165) is 19.3 Å². The number of nitro groups is 1. The molecule has 1 heterocycles. The second-order valence-electron chi connectivity index (χ2n) is 7.75. The zero-order chi connectivity index (χ0) is 24.5. The fraction of sp³-hybridized carbons (Fsp3) is 0.478. The first kappa shape index (κ1) is 25.9. The number of carboxylic acids is 2. The highest BCUT2D eigenvalue weighted by molar-refractivity contribution is 5.98. The molecule has 0 bridgehead atoms. The zero-order valence-corrected chi connectivity index (χ0v) is 19.1. The van der Waals surface area contributed by atoms with Gasteiger partial charge in [-0.15, -0.1) is 0 Å². The molecule has 10 heteroatoms. The normalized spacial score (nSPS) is 14.3.